The summed E-state index contributed by atoms with van der Waals surface area (Å²) in [4.78, 5) is 3.64. The Morgan fingerprint density at radius 2 is 1.71 bits per heavy atom. The molecule has 0 radical (unpaired) electrons. The maximum atomic E-state index is 15.3. The van der Waals surface area contributed by atoms with Gasteiger partial charge in [0.15, 0.2) is 5.82 Å². The lowest BCUT2D eigenvalue weighted by atomic mass is 9.89. The summed E-state index contributed by atoms with van der Waals surface area (Å²) in [6.07, 6.45) is 0.579. The van der Waals surface area contributed by atoms with E-state index in [2.05, 4.69) is 10.3 Å². The van der Waals surface area contributed by atoms with E-state index in [4.69, 9.17) is 0 Å². The Balaban J connectivity index is 1.59. The van der Waals surface area contributed by atoms with Crippen LogP contribution in [0, 0.1) is 24.4 Å². The van der Waals surface area contributed by atoms with Crippen molar-refractivity contribution in [3.63, 3.8) is 0 Å². The first-order valence-electron chi connectivity index (χ1n) is 11.6. The second-order valence-corrected chi connectivity index (χ2v) is 11.1. The number of nitrogens with zero attached hydrogens (tertiary/aromatic N) is 2. The first-order valence-corrected chi connectivity index (χ1v) is 13.0. The molecule has 0 saturated carbocycles. The molecule has 35 heavy (non-hydrogen) atoms. The van der Waals surface area contributed by atoms with Crippen LogP contribution in [0.3, 0.4) is 0 Å². The standard InChI is InChI=1S/C25H25F4N3O2S/c1-14-19-3-2-16(15-4-7-30-8-5-15)10-22(19)31-25(24(14)29)23-20(27)11-18(12-21(23)28)35(33,34)32-9-6-17(26)13-32/h2-3,10-12,15,17,30H,4-9,13H2,1H3/t17-/m0/s1. The quantitative estimate of drug-likeness (QED) is 0.514. The molecule has 0 spiro atoms. The fourth-order valence-corrected chi connectivity index (χ4v) is 6.49. The van der Waals surface area contributed by atoms with E-state index in [1.165, 1.54) is 6.92 Å². The Morgan fingerprint density at radius 1 is 1.03 bits per heavy atom. The highest BCUT2D eigenvalue weighted by atomic mass is 32.2. The van der Waals surface area contributed by atoms with E-state index >= 15 is 13.2 Å². The van der Waals surface area contributed by atoms with Crippen LogP contribution in [0.25, 0.3) is 22.2 Å². The molecule has 10 heteroatoms. The van der Waals surface area contributed by atoms with Crippen LogP contribution in [0.1, 0.15) is 36.3 Å². The van der Waals surface area contributed by atoms with E-state index < -0.39 is 49.8 Å². The third-order valence-corrected chi connectivity index (χ3v) is 8.83. The summed E-state index contributed by atoms with van der Waals surface area (Å²) >= 11 is 0. The summed E-state index contributed by atoms with van der Waals surface area (Å²) in [5.41, 5.74) is 0.396. The van der Waals surface area contributed by atoms with Gasteiger partial charge in [-0.25, -0.2) is 31.0 Å². The third kappa shape index (κ3) is 4.32. The number of halogens is 4. The van der Waals surface area contributed by atoms with Crippen LogP contribution in [0.4, 0.5) is 17.6 Å². The number of aryl methyl sites for hydroxylation is 1. The number of fused-ring (bicyclic) bond motifs is 1. The molecule has 0 bridgehead atoms. The summed E-state index contributed by atoms with van der Waals surface area (Å²) in [6, 6.07) is 6.83. The number of rotatable bonds is 4. The molecule has 2 aliphatic heterocycles. The molecular weight excluding hydrogens is 482 g/mol. The largest absolute Gasteiger partial charge is 0.317 e. The minimum absolute atomic E-state index is 0.0210. The van der Waals surface area contributed by atoms with Gasteiger partial charge in [0, 0.05) is 18.5 Å². The molecule has 3 heterocycles. The molecule has 5 rings (SSSR count). The predicted octanol–water partition coefficient (Wildman–Crippen LogP) is 4.83. The highest BCUT2D eigenvalue weighted by molar-refractivity contribution is 7.89. The Labute approximate surface area is 201 Å². The Morgan fingerprint density at radius 3 is 2.34 bits per heavy atom. The van der Waals surface area contributed by atoms with Gasteiger partial charge >= 0.3 is 0 Å². The zero-order valence-electron chi connectivity index (χ0n) is 19.1. The predicted molar refractivity (Wildman–Crippen MR) is 125 cm³/mol. The van der Waals surface area contributed by atoms with E-state index in [0.29, 0.717) is 29.0 Å². The number of alkyl halides is 1. The fourth-order valence-electron chi connectivity index (χ4n) is 4.98. The fraction of sp³-hybridized carbons (Fsp3) is 0.400. The average Bonchev–Trinajstić information content (AvgIpc) is 3.29. The third-order valence-electron chi connectivity index (χ3n) is 6.99. The summed E-state index contributed by atoms with van der Waals surface area (Å²) in [7, 11) is -4.29. The van der Waals surface area contributed by atoms with Crippen molar-refractivity contribution >= 4 is 20.9 Å². The van der Waals surface area contributed by atoms with Crippen LogP contribution in [0.15, 0.2) is 35.2 Å². The molecule has 0 aliphatic carbocycles. The molecule has 2 fully saturated rings. The number of hydrogen-bond donors (Lipinski definition) is 1. The number of hydrogen-bond acceptors (Lipinski definition) is 4. The minimum atomic E-state index is -4.29. The number of piperidine rings is 1. The molecule has 2 aromatic carbocycles. The number of aromatic nitrogens is 1. The van der Waals surface area contributed by atoms with E-state index in [1.54, 1.807) is 6.07 Å². The van der Waals surface area contributed by atoms with Gasteiger partial charge in [0.05, 0.1) is 16.0 Å². The molecule has 2 saturated heterocycles. The lowest BCUT2D eigenvalue weighted by Gasteiger charge is -2.23. The molecular formula is C25H25F4N3O2S. The molecule has 1 atom stereocenters. The maximum Gasteiger partial charge on any atom is 0.243 e. The van der Waals surface area contributed by atoms with Crippen molar-refractivity contribution in [2.45, 2.75) is 43.2 Å². The van der Waals surface area contributed by atoms with Crippen molar-refractivity contribution in [2.24, 2.45) is 0 Å². The van der Waals surface area contributed by atoms with E-state index in [0.717, 1.165) is 35.8 Å². The summed E-state index contributed by atoms with van der Waals surface area (Å²) in [5, 5.41) is 3.84. The molecule has 0 amide bonds. The topological polar surface area (TPSA) is 62.3 Å². The van der Waals surface area contributed by atoms with Gasteiger partial charge < -0.3 is 5.32 Å². The first-order chi connectivity index (χ1) is 16.7. The SMILES string of the molecule is Cc1c(F)c(-c2c(F)cc(S(=O)(=O)N3CC[C@H](F)C3)cc2F)nc2cc(C3CCNCC3)ccc12. The Bertz CT molecular complexity index is 1380. The molecule has 2 aliphatic rings. The van der Waals surface area contributed by atoms with Crippen molar-refractivity contribution < 1.29 is 26.0 Å². The molecule has 5 nitrogen and oxygen atoms in total. The second kappa shape index (κ2) is 9.15. The summed E-state index contributed by atoms with van der Waals surface area (Å²) in [5.74, 6) is -3.07. The van der Waals surface area contributed by atoms with E-state index in [-0.39, 0.29) is 25.1 Å². The van der Waals surface area contributed by atoms with Crippen LogP contribution >= 0.6 is 0 Å². The van der Waals surface area contributed by atoms with Gasteiger partial charge in [-0.1, -0.05) is 12.1 Å². The van der Waals surface area contributed by atoms with Crippen LogP contribution < -0.4 is 5.32 Å². The van der Waals surface area contributed by atoms with Crippen molar-refractivity contribution in [3.05, 3.63) is 58.9 Å². The Hall–Kier alpha value is -2.56. The molecule has 1 aromatic heterocycles. The first kappa shape index (κ1) is 24.1. The van der Waals surface area contributed by atoms with Gasteiger partial charge in [-0.05, 0) is 74.5 Å². The highest BCUT2D eigenvalue weighted by Gasteiger charge is 2.34. The maximum absolute atomic E-state index is 15.3. The average molecular weight is 508 g/mol. The van der Waals surface area contributed by atoms with E-state index in [9.17, 15) is 12.8 Å². The Kier molecular flexibility index (Phi) is 6.31. The number of sulfonamides is 1. The summed E-state index contributed by atoms with van der Waals surface area (Å²) < 4.78 is 85.5. The number of pyridine rings is 1. The van der Waals surface area contributed by atoms with Gasteiger partial charge in [-0.2, -0.15) is 4.31 Å². The van der Waals surface area contributed by atoms with Gasteiger partial charge in [-0.3, -0.25) is 0 Å². The smallest absolute Gasteiger partial charge is 0.243 e. The van der Waals surface area contributed by atoms with Gasteiger partial charge in [-0.15, -0.1) is 0 Å². The lowest BCUT2D eigenvalue weighted by molar-refractivity contribution is 0.343. The molecule has 186 valence electrons. The minimum Gasteiger partial charge on any atom is -0.317 e. The molecule has 1 N–H and O–H groups in total. The zero-order chi connectivity index (χ0) is 24.9. The van der Waals surface area contributed by atoms with Gasteiger partial charge in [0.2, 0.25) is 10.0 Å². The normalized spacial score (nSPS) is 20.1. The molecule has 0 unspecified atom stereocenters. The molecule has 3 aromatic rings. The lowest BCUT2D eigenvalue weighted by Crippen LogP contribution is -2.29. The van der Waals surface area contributed by atoms with Gasteiger partial charge in [0.25, 0.3) is 0 Å². The van der Waals surface area contributed by atoms with Crippen molar-refractivity contribution in [3.8, 4) is 11.3 Å². The summed E-state index contributed by atoms with van der Waals surface area (Å²) in [6.45, 7) is 2.85. The van der Waals surface area contributed by atoms with Gasteiger partial charge in [0.1, 0.15) is 23.5 Å². The van der Waals surface area contributed by atoms with Crippen LogP contribution in [-0.2, 0) is 10.0 Å². The highest BCUT2D eigenvalue weighted by Crippen LogP contribution is 2.35. The number of benzene rings is 2. The zero-order valence-corrected chi connectivity index (χ0v) is 19.9. The van der Waals surface area contributed by atoms with Crippen molar-refractivity contribution in [2.75, 3.05) is 26.2 Å². The monoisotopic (exact) mass is 507 g/mol. The number of nitrogens with one attached hydrogen (secondary N) is 1. The van der Waals surface area contributed by atoms with Crippen LogP contribution in [0.2, 0.25) is 0 Å². The van der Waals surface area contributed by atoms with E-state index in [1.807, 2.05) is 12.1 Å². The van der Waals surface area contributed by atoms with Crippen molar-refractivity contribution in [1.82, 2.24) is 14.6 Å². The van der Waals surface area contributed by atoms with Crippen LogP contribution in [0.5, 0.6) is 0 Å². The van der Waals surface area contributed by atoms with Crippen LogP contribution in [-0.4, -0.2) is 50.1 Å². The van der Waals surface area contributed by atoms with Crippen molar-refractivity contribution in [1.29, 1.82) is 0 Å². The second-order valence-electron chi connectivity index (χ2n) is 9.21.